The number of aromatic nitrogens is 1. The van der Waals surface area contributed by atoms with Gasteiger partial charge in [0.25, 0.3) is 0 Å². The van der Waals surface area contributed by atoms with Crippen molar-refractivity contribution in [3.63, 3.8) is 0 Å². The molecule has 2 saturated heterocycles. The van der Waals surface area contributed by atoms with E-state index in [2.05, 4.69) is 57.2 Å². The quantitative estimate of drug-likeness (QED) is 0.772. The molecular weight excluding hydrogens is 340 g/mol. The molecule has 3 heterocycles. The smallest absolute Gasteiger partial charge is 0.209 e. The van der Waals surface area contributed by atoms with Gasteiger partial charge in [-0.15, -0.1) is 0 Å². The van der Waals surface area contributed by atoms with Crippen LogP contribution in [0.1, 0.15) is 5.56 Å². The van der Waals surface area contributed by atoms with Crippen LogP contribution in [-0.2, 0) is 16.1 Å². The molecule has 1 amide bonds. The van der Waals surface area contributed by atoms with Gasteiger partial charge in [-0.1, -0.05) is 30.3 Å². The lowest BCUT2D eigenvalue weighted by Gasteiger charge is -2.36. The number of hydrogen-bond acceptors (Lipinski definition) is 5. The van der Waals surface area contributed by atoms with Gasteiger partial charge < -0.3 is 14.5 Å². The summed E-state index contributed by atoms with van der Waals surface area (Å²) in [5.74, 6) is 0. The zero-order chi connectivity index (χ0) is 18.7. The Hall–Kier alpha value is -2.44. The van der Waals surface area contributed by atoms with Crippen LogP contribution in [0, 0.1) is 0 Å². The number of nitrogens with zero attached hydrogens (tertiary/aromatic N) is 4. The Kier molecular flexibility index (Phi) is 7.62. The maximum Gasteiger partial charge on any atom is 0.209 e. The molecule has 2 fully saturated rings. The Morgan fingerprint density at radius 1 is 0.889 bits per heavy atom. The van der Waals surface area contributed by atoms with Gasteiger partial charge in [-0.2, -0.15) is 0 Å². The number of benzene rings is 1. The number of anilines is 1. The first-order valence-electron chi connectivity index (χ1n) is 9.53. The summed E-state index contributed by atoms with van der Waals surface area (Å²) in [7, 11) is 0. The van der Waals surface area contributed by atoms with Crippen LogP contribution < -0.4 is 4.90 Å². The number of hydrogen-bond donors (Lipinski definition) is 0. The Balaban J connectivity index is 0.000000221. The zero-order valence-corrected chi connectivity index (χ0v) is 15.7. The first-order valence-corrected chi connectivity index (χ1v) is 9.53. The van der Waals surface area contributed by atoms with E-state index in [9.17, 15) is 4.79 Å². The number of morpholine rings is 1. The first-order chi connectivity index (χ1) is 13.3. The monoisotopic (exact) mass is 368 g/mol. The van der Waals surface area contributed by atoms with Gasteiger partial charge in [0.15, 0.2) is 0 Å². The predicted molar refractivity (Wildman–Crippen MR) is 107 cm³/mol. The molecule has 0 atom stereocenters. The van der Waals surface area contributed by atoms with Gasteiger partial charge in [-0.3, -0.25) is 14.7 Å². The third kappa shape index (κ3) is 6.34. The van der Waals surface area contributed by atoms with E-state index in [1.807, 2.05) is 12.4 Å². The van der Waals surface area contributed by atoms with Crippen LogP contribution in [0.15, 0.2) is 54.9 Å². The molecule has 1 aromatic heterocycles. The molecule has 144 valence electrons. The molecule has 4 rings (SSSR count). The molecule has 2 aliphatic rings. The summed E-state index contributed by atoms with van der Waals surface area (Å²) in [4.78, 5) is 20.8. The summed E-state index contributed by atoms with van der Waals surface area (Å²) in [6.45, 7) is 8.39. The normalized spacial score (nSPS) is 17.8. The summed E-state index contributed by atoms with van der Waals surface area (Å²) < 4.78 is 5.00. The van der Waals surface area contributed by atoms with Crippen LogP contribution in [-0.4, -0.2) is 73.7 Å². The van der Waals surface area contributed by atoms with Crippen LogP contribution in [0.25, 0.3) is 0 Å². The molecule has 0 N–H and O–H groups in total. The summed E-state index contributed by atoms with van der Waals surface area (Å²) >= 11 is 0. The van der Waals surface area contributed by atoms with Gasteiger partial charge in [0.05, 0.1) is 13.2 Å². The molecule has 0 unspecified atom stereocenters. The van der Waals surface area contributed by atoms with Crippen LogP contribution in [0.2, 0.25) is 0 Å². The highest BCUT2D eigenvalue weighted by molar-refractivity contribution is 5.47. The summed E-state index contributed by atoms with van der Waals surface area (Å²) in [5.41, 5.74) is 2.69. The third-order valence-electron chi connectivity index (χ3n) is 4.84. The van der Waals surface area contributed by atoms with Crippen molar-refractivity contribution in [3.05, 3.63) is 60.4 Å². The van der Waals surface area contributed by atoms with E-state index in [4.69, 9.17) is 4.74 Å². The standard InChI is InChI=1S/C16H19N3.C5H9NO2/c1-2-4-15(5-3-1)14-18-10-12-19(13-11-18)16-6-8-17-9-7-16;7-5-6-1-3-8-4-2-6/h1-9H,10-14H2;5H,1-4H2. The fraction of sp³-hybridized carbons (Fsp3) is 0.429. The van der Waals surface area contributed by atoms with Crippen molar-refractivity contribution < 1.29 is 9.53 Å². The molecule has 6 heteroatoms. The average Bonchev–Trinajstić information content (AvgIpc) is 2.77. The van der Waals surface area contributed by atoms with E-state index < -0.39 is 0 Å². The minimum Gasteiger partial charge on any atom is -0.378 e. The number of carbonyl (C=O) groups excluding carboxylic acids is 1. The molecule has 0 spiro atoms. The Morgan fingerprint density at radius 3 is 2.15 bits per heavy atom. The van der Waals surface area contributed by atoms with Gasteiger partial charge in [0.1, 0.15) is 0 Å². The first kappa shape index (κ1) is 19.3. The maximum absolute atomic E-state index is 10.0. The highest BCUT2D eigenvalue weighted by atomic mass is 16.5. The molecule has 1 aromatic carbocycles. The molecule has 0 radical (unpaired) electrons. The Bertz CT molecular complexity index is 654. The molecule has 0 bridgehead atoms. The SMILES string of the molecule is O=CN1CCOCC1.c1ccc(CN2CCN(c3ccncc3)CC2)cc1. The van der Waals surface area contributed by atoms with Crippen molar-refractivity contribution in [3.8, 4) is 0 Å². The maximum atomic E-state index is 10.0. The number of ether oxygens (including phenoxy) is 1. The van der Waals surface area contributed by atoms with Gasteiger partial charge in [0.2, 0.25) is 6.41 Å². The van der Waals surface area contributed by atoms with Gasteiger partial charge >= 0.3 is 0 Å². The van der Waals surface area contributed by atoms with Crippen LogP contribution in [0.5, 0.6) is 0 Å². The van der Waals surface area contributed by atoms with Crippen molar-refractivity contribution in [2.75, 3.05) is 57.4 Å². The second-order valence-corrected chi connectivity index (χ2v) is 6.71. The predicted octanol–water partition coefficient (Wildman–Crippen LogP) is 1.88. The molecular formula is C21H28N4O2. The minimum absolute atomic E-state index is 0.693. The fourth-order valence-corrected chi connectivity index (χ4v) is 3.24. The number of amides is 1. The second kappa shape index (κ2) is 10.6. The largest absolute Gasteiger partial charge is 0.378 e. The average molecular weight is 368 g/mol. The van der Waals surface area contributed by atoms with Crippen LogP contribution in [0.4, 0.5) is 5.69 Å². The van der Waals surface area contributed by atoms with Crippen molar-refractivity contribution in [1.82, 2.24) is 14.8 Å². The molecule has 0 aliphatic carbocycles. The number of pyridine rings is 1. The van der Waals surface area contributed by atoms with Crippen molar-refractivity contribution >= 4 is 12.1 Å². The number of carbonyl (C=O) groups is 1. The Morgan fingerprint density at radius 2 is 1.56 bits per heavy atom. The van der Waals surface area contributed by atoms with Gasteiger partial charge in [-0.25, -0.2) is 0 Å². The molecule has 0 saturated carbocycles. The highest BCUT2D eigenvalue weighted by Crippen LogP contribution is 2.15. The van der Waals surface area contributed by atoms with E-state index in [1.165, 1.54) is 11.3 Å². The van der Waals surface area contributed by atoms with E-state index in [1.54, 1.807) is 4.90 Å². The number of rotatable bonds is 4. The van der Waals surface area contributed by atoms with Gasteiger partial charge in [-0.05, 0) is 17.7 Å². The molecule has 2 aromatic rings. The van der Waals surface area contributed by atoms with Gasteiger partial charge in [0, 0.05) is 63.9 Å². The fourth-order valence-electron chi connectivity index (χ4n) is 3.24. The topological polar surface area (TPSA) is 48.9 Å². The van der Waals surface area contributed by atoms with Crippen LogP contribution >= 0.6 is 0 Å². The summed E-state index contributed by atoms with van der Waals surface area (Å²) in [6, 6.07) is 14.9. The molecule has 6 nitrogen and oxygen atoms in total. The van der Waals surface area contributed by atoms with Crippen LogP contribution in [0.3, 0.4) is 0 Å². The lowest BCUT2D eigenvalue weighted by Crippen LogP contribution is -2.45. The van der Waals surface area contributed by atoms with E-state index in [0.717, 1.165) is 52.2 Å². The molecule has 2 aliphatic heterocycles. The zero-order valence-electron chi connectivity index (χ0n) is 15.7. The van der Waals surface area contributed by atoms with Crippen molar-refractivity contribution in [2.45, 2.75) is 6.54 Å². The molecule has 27 heavy (non-hydrogen) atoms. The Labute approximate surface area is 161 Å². The van der Waals surface area contributed by atoms with E-state index in [0.29, 0.717) is 13.2 Å². The second-order valence-electron chi connectivity index (χ2n) is 6.71. The summed E-state index contributed by atoms with van der Waals surface area (Å²) in [6.07, 6.45) is 4.60. The third-order valence-corrected chi connectivity index (χ3v) is 4.84. The van der Waals surface area contributed by atoms with E-state index >= 15 is 0 Å². The highest BCUT2D eigenvalue weighted by Gasteiger charge is 2.16. The summed E-state index contributed by atoms with van der Waals surface area (Å²) in [5, 5.41) is 0. The number of piperazine rings is 1. The lowest BCUT2D eigenvalue weighted by molar-refractivity contribution is -0.121. The van der Waals surface area contributed by atoms with E-state index in [-0.39, 0.29) is 0 Å². The minimum atomic E-state index is 0.693. The van der Waals surface area contributed by atoms with Crippen molar-refractivity contribution in [1.29, 1.82) is 0 Å². The van der Waals surface area contributed by atoms with Crippen molar-refractivity contribution in [2.24, 2.45) is 0 Å². The lowest BCUT2D eigenvalue weighted by atomic mass is 10.2.